The topological polar surface area (TPSA) is 61.8 Å². The van der Waals surface area contributed by atoms with Crippen molar-refractivity contribution in [3.8, 4) is 0 Å². The van der Waals surface area contributed by atoms with Gasteiger partial charge in [-0.1, -0.05) is 19.1 Å². The van der Waals surface area contributed by atoms with Crippen molar-refractivity contribution in [2.75, 3.05) is 38.2 Å². The van der Waals surface area contributed by atoms with E-state index in [0.29, 0.717) is 25.3 Å². The standard InChI is InChI=1S/C15H22N2O3/c1-2-7-16-14-6-4-3-5-13(14)15(19)17-8-9-20-12(10-17)11-18/h3-6,12,16,18H,2,7-11H2,1H3. The molecule has 1 unspecified atom stereocenters. The van der Waals surface area contributed by atoms with Crippen LogP contribution in [0.25, 0.3) is 0 Å². The van der Waals surface area contributed by atoms with Crippen LogP contribution in [0.4, 0.5) is 5.69 Å². The smallest absolute Gasteiger partial charge is 0.256 e. The molecule has 20 heavy (non-hydrogen) atoms. The van der Waals surface area contributed by atoms with Crippen molar-refractivity contribution in [3.63, 3.8) is 0 Å². The van der Waals surface area contributed by atoms with Crippen LogP contribution in [0, 0.1) is 0 Å². The van der Waals surface area contributed by atoms with Crippen LogP contribution >= 0.6 is 0 Å². The van der Waals surface area contributed by atoms with Gasteiger partial charge in [0.15, 0.2) is 0 Å². The number of amides is 1. The SMILES string of the molecule is CCCNc1ccccc1C(=O)N1CCOC(CO)C1. The Labute approximate surface area is 119 Å². The lowest BCUT2D eigenvalue weighted by Gasteiger charge is -2.32. The molecule has 5 heteroatoms. The summed E-state index contributed by atoms with van der Waals surface area (Å²) < 4.78 is 5.38. The average molecular weight is 278 g/mol. The Morgan fingerprint density at radius 2 is 2.30 bits per heavy atom. The molecule has 0 aliphatic carbocycles. The maximum absolute atomic E-state index is 12.6. The molecule has 0 radical (unpaired) electrons. The third-order valence-corrected chi connectivity index (χ3v) is 3.35. The average Bonchev–Trinajstić information content (AvgIpc) is 2.52. The minimum atomic E-state index is -0.275. The summed E-state index contributed by atoms with van der Waals surface area (Å²) in [4.78, 5) is 14.3. The first-order valence-corrected chi connectivity index (χ1v) is 7.11. The van der Waals surface area contributed by atoms with Gasteiger partial charge in [-0.05, 0) is 18.6 Å². The number of benzene rings is 1. The van der Waals surface area contributed by atoms with Gasteiger partial charge in [0, 0.05) is 25.3 Å². The molecule has 2 rings (SSSR count). The van der Waals surface area contributed by atoms with E-state index in [-0.39, 0.29) is 18.6 Å². The molecule has 1 saturated heterocycles. The van der Waals surface area contributed by atoms with Gasteiger partial charge in [-0.15, -0.1) is 0 Å². The van der Waals surface area contributed by atoms with Gasteiger partial charge in [-0.2, -0.15) is 0 Å². The van der Waals surface area contributed by atoms with Crippen molar-refractivity contribution in [2.24, 2.45) is 0 Å². The van der Waals surface area contributed by atoms with E-state index in [0.717, 1.165) is 18.7 Å². The Hall–Kier alpha value is -1.59. The van der Waals surface area contributed by atoms with Crippen molar-refractivity contribution in [1.29, 1.82) is 0 Å². The molecule has 1 fully saturated rings. The van der Waals surface area contributed by atoms with Crippen LogP contribution in [0.15, 0.2) is 24.3 Å². The lowest BCUT2D eigenvalue weighted by Crippen LogP contribution is -2.47. The quantitative estimate of drug-likeness (QED) is 0.853. The van der Waals surface area contributed by atoms with Crippen LogP contribution < -0.4 is 5.32 Å². The molecule has 1 amide bonds. The Morgan fingerprint density at radius 3 is 3.05 bits per heavy atom. The number of aliphatic hydroxyl groups is 1. The first-order chi connectivity index (χ1) is 9.76. The van der Waals surface area contributed by atoms with Gasteiger partial charge in [0.25, 0.3) is 5.91 Å². The molecule has 0 bridgehead atoms. The van der Waals surface area contributed by atoms with Crippen LogP contribution in [0.3, 0.4) is 0 Å². The molecule has 1 aliphatic heterocycles. The number of hydrogen-bond donors (Lipinski definition) is 2. The van der Waals surface area contributed by atoms with Crippen LogP contribution in [-0.2, 0) is 4.74 Å². The zero-order chi connectivity index (χ0) is 14.4. The third-order valence-electron chi connectivity index (χ3n) is 3.35. The molecule has 5 nitrogen and oxygen atoms in total. The number of carbonyl (C=O) groups excluding carboxylic acids is 1. The van der Waals surface area contributed by atoms with E-state index in [1.54, 1.807) is 4.90 Å². The van der Waals surface area contributed by atoms with Crippen LogP contribution in [-0.4, -0.2) is 54.9 Å². The lowest BCUT2D eigenvalue weighted by molar-refractivity contribution is -0.0447. The minimum absolute atomic E-state index is 0.00838. The van der Waals surface area contributed by atoms with E-state index in [2.05, 4.69) is 12.2 Å². The second-order valence-electron chi connectivity index (χ2n) is 4.90. The maximum Gasteiger partial charge on any atom is 0.256 e. The van der Waals surface area contributed by atoms with E-state index in [1.807, 2.05) is 24.3 Å². The Kier molecular flexibility index (Phi) is 5.38. The summed E-state index contributed by atoms with van der Waals surface area (Å²) in [6, 6.07) is 7.55. The normalized spacial score (nSPS) is 18.9. The number of ether oxygens (including phenoxy) is 1. The van der Waals surface area contributed by atoms with Gasteiger partial charge >= 0.3 is 0 Å². The number of aliphatic hydroxyl groups excluding tert-OH is 1. The van der Waals surface area contributed by atoms with Crippen LogP contribution in [0.5, 0.6) is 0 Å². The molecule has 1 aromatic carbocycles. The van der Waals surface area contributed by atoms with Gasteiger partial charge in [0.1, 0.15) is 0 Å². The Bertz CT molecular complexity index is 450. The molecule has 1 aliphatic rings. The van der Waals surface area contributed by atoms with Crippen molar-refractivity contribution in [1.82, 2.24) is 4.90 Å². The highest BCUT2D eigenvalue weighted by Gasteiger charge is 2.25. The van der Waals surface area contributed by atoms with E-state index in [1.165, 1.54) is 0 Å². The number of morpholine rings is 1. The molecule has 110 valence electrons. The van der Waals surface area contributed by atoms with Crippen molar-refractivity contribution >= 4 is 11.6 Å². The molecule has 0 saturated carbocycles. The maximum atomic E-state index is 12.6. The molecule has 1 aromatic rings. The molecular weight excluding hydrogens is 256 g/mol. The second kappa shape index (κ2) is 7.26. The summed E-state index contributed by atoms with van der Waals surface area (Å²) in [5.74, 6) is -0.00838. The molecular formula is C15H22N2O3. The minimum Gasteiger partial charge on any atom is -0.394 e. The highest BCUT2D eigenvalue weighted by Crippen LogP contribution is 2.19. The highest BCUT2D eigenvalue weighted by atomic mass is 16.5. The van der Waals surface area contributed by atoms with E-state index in [9.17, 15) is 4.79 Å². The number of carbonyl (C=O) groups is 1. The molecule has 0 aromatic heterocycles. The summed E-state index contributed by atoms with van der Waals surface area (Å²) in [5.41, 5.74) is 1.55. The van der Waals surface area contributed by atoms with E-state index >= 15 is 0 Å². The number of para-hydroxylation sites is 1. The zero-order valence-corrected chi connectivity index (χ0v) is 11.8. The number of anilines is 1. The van der Waals surface area contributed by atoms with Gasteiger partial charge in [-0.3, -0.25) is 4.79 Å². The Balaban J connectivity index is 2.11. The third kappa shape index (κ3) is 3.49. The number of nitrogens with zero attached hydrogens (tertiary/aromatic N) is 1. The molecule has 1 atom stereocenters. The van der Waals surface area contributed by atoms with E-state index in [4.69, 9.17) is 9.84 Å². The van der Waals surface area contributed by atoms with Crippen molar-refractivity contribution < 1.29 is 14.6 Å². The zero-order valence-electron chi connectivity index (χ0n) is 11.8. The lowest BCUT2D eigenvalue weighted by atomic mass is 10.1. The summed E-state index contributed by atoms with van der Waals surface area (Å²) >= 11 is 0. The van der Waals surface area contributed by atoms with Crippen LogP contribution in [0.1, 0.15) is 23.7 Å². The van der Waals surface area contributed by atoms with Gasteiger partial charge in [0.2, 0.25) is 0 Å². The molecule has 2 N–H and O–H groups in total. The first kappa shape index (κ1) is 14.8. The predicted octanol–water partition coefficient (Wildman–Crippen LogP) is 1.34. The second-order valence-corrected chi connectivity index (χ2v) is 4.90. The van der Waals surface area contributed by atoms with E-state index < -0.39 is 0 Å². The number of nitrogens with one attached hydrogen (secondary N) is 1. The first-order valence-electron chi connectivity index (χ1n) is 7.11. The number of rotatable bonds is 5. The predicted molar refractivity (Wildman–Crippen MR) is 78.0 cm³/mol. The highest BCUT2D eigenvalue weighted by molar-refractivity contribution is 5.99. The van der Waals surface area contributed by atoms with Crippen molar-refractivity contribution in [3.05, 3.63) is 29.8 Å². The summed E-state index contributed by atoms with van der Waals surface area (Å²) in [6.07, 6.45) is 0.732. The van der Waals surface area contributed by atoms with Crippen LogP contribution in [0.2, 0.25) is 0 Å². The van der Waals surface area contributed by atoms with Gasteiger partial charge in [0.05, 0.1) is 24.9 Å². The molecule has 0 spiro atoms. The number of hydrogen-bond acceptors (Lipinski definition) is 4. The monoisotopic (exact) mass is 278 g/mol. The largest absolute Gasteiger partial charge is 0.394 e. The fraction of sp³-hybridized carbons (Fsp3) is 0.533. The molecule has 1 heterocycles. The summed E-state index contributed by atoms with van der Waals surface area (Å²) in [5, 5.41) is 12.4. The van der Waals surface area contributed by atoms with Gasteiger partial charge < -0.3 is 20.1 Å². The fourth-order valence-electron chi connectivity index (χ4n) is 2.27. The summed E-state index contributed by atoms with van der Waals surface area (Å²) in [7, 11) is 0. The Morgan fingerprint density at radius 1 is 1.50 bits per heavy atom. The fourth-order valence-corrected chi connectivity index (χ4v) is 2.27. The van der Waals surface area contributed by atoms with Gasteiger partial charge in [-0.25, -0.2) is 0 Å². The van der Waals surface area contributed by atoms with Crippen molar-refractivity contribution in [2.45, 2.75) is 19.4 Å². The summed E-state index contributed by atoms with van der Waals surface area (Å²) in [6.45, 7) is 4.36.